The van der Waals surface area contributed by atoms with E-state index in [2.05, 4.69) is 5.32 Å². The zero-order valence-electron chi connectivity index (χ0n) is 17.2. The van der Waals surface area contributed by atoms with Gasteiger partial charge >= 0.3 is 0 Å². The van der Waals surface area contributed by atoms with E-state index < -0.39 is 17.9 Å². The summed E-state index contributed by atoms with van der Waals surface area (Å²) in [5.74, 6) is -1.51. The summed E-state index contributed by atoms with van der Waals surface area (Å²) in [6, 6.07) is 28.5. The molecule has 4 nitrogen and oxygen atoms in total. The summed E-state index contributed by atoms with van der Waals surface area (Å²) in [6.45, 7) is 0. The summed E-state index contributed by atoms with van der Waals surface area (Å²) < 4.78 is 0. The molecule has 0 aromatic heterocycles. The highest BCUT2D eigenvalue weighted by Gasteiger charge is 2.38. The van der Waals surface area contributed by atoms with Gasteiger partial charge in [-0.1, -0.05) is 91.0 Å². The quantitative estimate of drug-likeness (QED) is 0.536. The van der Waals surface area contributed by atoms with Crippen LogP contribution < -0.4 is 5.32 Å². The zero-order valence-corrected chi connectivity index (χ0v) is 17.2. The minimum absolute atomic E-state index is 0.108. The number of aliphatic hydroxyl groups excluding tert-OH is 1. The van der Waals surface area contributed by atoms with Crippen LogP contribution in [0.25, 0.3) is 0 Å². The van der Waals surface area contributed by atoms with E-state index in [4.69, 9.17) is 0 Å². The number of aryl methyl sites for hydroxylation is 1. The first-order valence-corrected chi connectivity index (χ1v) is 10.5. The molecule has 1 heterocycles. The molecule has 1 aliphatic heterocycles. The van der Waals surface area contributed by atoms with Crippen LogP contribution in [0.15, 0.2) is 102 Å². The predicted molar refractivity (Wildman–Crippen MR) is 121 cm³/mol. The molecular weight excluding hydrogens is 386 g/mol. The number of nitrogens with one attached hydrogen (secondary N) is 1. The van der Waals surface area contributed by atoms with Gasteiger partial charge in [0, 0.05) is 0 Å². The van der Waals surface area contributed by atoms with Crippen LogP contribution in [0.3, 0.4) is 0 Å². The highest BCUT2D eigenvalue weighted by atomic mass is 16.3. The molecule has 2 N–H and O–H groups in total. The van der Waals surface area contributed by atoms with Crippen LogP contribution in [-0.2, 0) is 22.4 Å². The number of carbonyl (C=O) groups is 2. The molecule has 0 aliphatic carbocycles. The first-order chi connectivity index (χ1) is 15.1. The molecule has 2 atom stereocenters. The number of amides is 1. The van der Waals surface area contributed by atoms with E-state index in [9.17, 15) is 14.7 Å². The van der Waals surface area contributed by atoms with E-state index in [1.54, 1.807) is 0 Å². The lowest BCUT2D eigenvalue weighted by molar-refractivity contribution is -0.122. The van der Waals surface area contributed by atoms with E-state index in [-0.39, 0.29) is 17.1 Å². The summed E-state index contributed by atoms with van der Waals surface area (Å²) in [6.07, 6.45) is 1.69. The van der Waals surface area contributed by atoms with Gasteiger partial charge in [0.05, 0.1) is 12.0 Å². The number of hydrogen-bond acceptors (Lipinski definition) is 3. The highest BCUT2D eigenvalue weighted by molar-refractivity contribution is 6.23. The Labute approximate surface area is 182 Å². The normalized spacial score (nSPS) is 16.8. The molecular formula is C27H25NO3. The second-order valence-electron chi connectivity index (χ2n) is 7.83. The van der Waals surface area contributed by atoms with Gasteiger partial charge in [-0.3, -0.25) is 9.59 Å². The maximum atomic E-state index is 13.5. The Balaban J connectivity index is 1.59. The van der Waals surface area contributed by atoms with E-state index in [0.29, 0.717) is 19.3 Å². The fourth-order valence-electron chi connectivity index (χ4n) is 4.06. The number of ketones is 1. The molecule has 0 spiro atoms. The van der Waals surface area contributed by atoms with Crippen LogP contribution in [0.4, 0.5) is 0 Å². The second kappa shape index (κ2) is 9.43. The Bertz CT molecular complexity index is 1080. The van der Waals surface area contributed by atoms with Crippen molar-refractivity contribution in [2.45, 2.75) is 31.2 Å². The number of Topliss-reactive ketones (excluding diaryl/α,β-unsaturated/α-hetero) is 1. The average molecular weight is 412 g/mol. The van der Waals surface area contributed by atoms with Crippen molar-refractivity contribution in [2.24, 2.45) is 0 Å². The van der Waals surface area contributed by atoms with Gasteiger partial charge in [0.15, 0.2) is 5.78 Å². The molecule has 4 heteroatoms. The number of rotatable bonds is 8. The van der Waals surface area contributed by atoms with Crippen LogP contribution in [0.5, 0.6) is 0 Å². The predicted octanol–water partition coefficient (Wildman–Crippen LogP) is 4.53. The average Bonchev–Trinajstić information content (AvgIpc) is 3.10. The van der Waals surface area contributed by atoms with Gasteiger partial charge in [0.25, 0.3) is 5.91 Å². The first-order valence-electron chi connectivity index (χ1n) is 10.5. The third-order valence-electron chi connectivity index (χ3n) is 5.73. The van der Waals surface area contributed by atoms with Crippen LogP contribution in [0.1, 0.15) is 29.0 Å². The Morgan fingerprint density at radius 1 is 0.839 bits per heavy atom. The fourth-order valence-corrected chi connectivity index (χ4v) is 4.06. The SMILES string of the molecule is O=C1NC(CCc2ccccc2)C(O)=C1C(=O)C(Cc1ccccc1)c1ccccc1. The molecule has 1 amide bonds. The molecule has 0 radical (unpaired) electrons. The van der Waals surface area contributed by atoms with Crippen molar-refractivity contribution in [1.29, 1.82) is 0 Å². The largest absolute Gasteiger partial charge is 0.509 e. The van der Waals surface area contributed by atoms with E-state index in [1.165, 1.54) is 0 Å². The molecule has 2 unspecified atom stereocenters. The topological polar surface area (TPSA) is 66.4 Å². The summed E-state index contributed by atoms with van der Waals surface area (Å²) in [7, 11) is 0. The van der Waals surface area contributed by atoms with Crippen molar-refractivity contribution in [1.82, 2.24) is 5.32 Å². The maximum absolute atomic E-state index is 13.5. The van der Waals surface area contributed by atoms with Gasteiger partial charge in [-0.05, 0) is 36.0 Å². The third kappa shape index (κ3) is 4.75. The number of hydrogen-bond donors (Lipinski definition) is 2. The van der Waals surface area contributed by atoms with Gasteiger partial charge in [-0.2, -0.15) is 0 Å². The van der Waals surface area contributed by atoms with E-state index in [1.807, 2.05) is 91.0 Å². The van der Waals surface area contributed by atoms with Crippen LogP contribution >= 0.6 is 0 Å². The lowest BCUT2D eigenvalue weighted by atomic mass is 9.85. The van der Waals surface area contributed by atoms with Crippen molar-refractivity contribution in [3.63, 3.8) is 0 Å². The Morgan fingerprint density at radius 2 is 1.39 bits per heavy atom. The van der Waals surface area contributed by atoms with Crippen molar-refractivity contribution in [3.05, 3.63) is 119 Å². The molecule has 3 aromatic carbocycles. The van der Waals surface area contributed by atoms with Crippen LogP contribution in [-0.4, -0.2) is 22.8 Å². The minimum atomic E-state index is -0.542. The Kier molecular flexibility index (Phi) is 6.27. The summed E-state index contributed by atoms with van der Waals surface area (Å²) >= 11 is 0. The summed E-state index contributed by atoms with van der Waals surface area (Å²) in [4.78, 5) is 26.2. The smallest absolute Gasteiger partial charge is 0.259 e. The van der Waals surface area contributed by atoms with Crippen LogP contribution in [0.2, 0.25) is 0 Å². The lowest BCUT2D eigenvalue weighted by Crippen LogP contribution is -2.30. The monoisotopic (exact) mass is 411 g/mol. The van der Waals surface area contributed by atoms with E-state index >= 15 is 0 Å². The van der Waals surface area contributed by atoms with Crippen molar-refractivity contribution in [3.8, 4) is 0 Å². The van der Waals surface area contributed by atoms with Crippen molar-refractivity contribution in [2.75, 3.05) is 0 Å². The van der Waals surface area contributed by atoms with Gasteiger partial charge in [-0.25, -0.2) is 0 Å². The first kappa shape index (κ1) is 20.6. The number of aliphatic hydroxyl groups is 1. The molecule has 3 aromatic rings. The highest BCUT2D eigenvalue weighted by Crippen LogP contribution is 2.29. The summed E-state index contributed by atoms with van der Waals surface area (Å²) in [5.41, 5.74) is 2.85. The Hall–Kier alpha value is -3.66. The third-order valence-corrected chi connectivity index (χ3v) is 5.73. The number of carbonyl (C=O) groups excluding carboxylic acids is 2. The van der Waals surface area contributed by atoms with Gasteiger partial charge in [0.1, 0.15) is 11.3 Å². The molecule has 156 valence electrons. The van der Waals surface area contributed by atoms with Gasteiger partial charge in [-0.15, -0.1) is 0 Å². The Morgan fingerprint density at radius 3 is 2.00 bits per heavy atom. The molecule has 0 saturated carbocycles. The standard InChI is InChI=1S/C27H25NO3/c29-25(22(21-14-8-3-9-15-21)18-20-12-6-2-7-13-20)24-26(30)23(28-27(24)31)17-16-19-10-4-1-5-11-19/h1-15,22-23,30H,16-18H2,(H,28,31). The fraction of sp³-hybridized carbons (Fsp3) is 0.185. The maximum Gasteiger partial charge on any atom is 0.259 e. The lowest BCUT2D eigenvalue weighted by Gasteiger charge is -2.17. The molecule has 0 bridgehead atoms. The number of benzene rings is 3. The van der Waals surface area contributed by atoms with E-state index in [0.717, 1.165) is 16.7 Å². The van der Waals surface area contributed by atoms with Crippen molar-refractivity contribution < 1.29 is 14.7 Å². The second-order valence-corrected chi connectivity index (χ2v) is 7.83. The minimum Gasteiger partial charge on any atom is -0.509 e. The summed E-state index contributed by atoms with van der Waals surface area (Å²) in [5, 5.41) is 13.6. The molecule has 0 saturated heterocycles. The zero-order chi connectivity index (χ0) is 21.6. The molecule has 1 aliphatic rings. The van der Waals surface area contributed by atoms with Gasteiger partial charge in [0.2, 0.25) is 0 Å². The van der Waals surface area contributed by atoms with Gasteiger partial charge < -0.3 is 10.4 Å². The van der Waals surface area contributed by atoms with Crippen LogP contribution in [0, 0.1) is 0 Å². The van der Waals surface area contributed by atoms with Crippen molar-refractivity contribution >= 4 is 11.7 Å². The molecule has 31 heavy (non-hydrogen) atoms. The molecule has 0 fully saturated rings. The molecule has 4 rings (SSSR count).